The standard InChI is InChI=1S/C16H24N2O3/c1-4-13(16(19)21-10-11(2)3)18-8-9-20-14-7-5-6-12(17)15(14)18/h5-7,11,13H,4,8-10,17H2,1-3H3. The van der Waals surface area contributed by atoms with Gasteiger partial charge in [0.05, 0.1) is 18.8 Å². The summed E-state index contributed by atoms with van der Waals surface area (Å²) in [6.45, 7) is 7.65. The molecule has 2 N–H and O–H groups in total. The lowest BCUT2D eigenvalue weighted by molar-refractivity contribution is -0.146. The zero-order chi connectivity index (χ0) is 15.4. The zero-order valence-corrected chi connectivity index (χ0v) is 13.0. The van der Waals surface area contributed by atoms with Gasteiger partial charge in [0, 0.05) is 0 Å². The summed E-state index contributed by atoms with van der Waals surface area (Å²) >= 11 is 0. The molecule has 0 amide bonds. The highest BCUT2D eigenvalue weighted by Crippen LogP contribution is 2.38. The largest absolute Gasteiger partial charge is 0.489 e. The highest BCUT2D eigenvalue weighted by Gasteiger charge is 2.31. The lowest BCUT2D eigenvalue weighted by Crippen LogP contribution is -2.46. The first-order valence-electron chi connectivity index (χ1n) is 7.49. The molecule has 5 nitrogen and oxygen atoms in total. The van der Waals surface area contributed by atoms with Gasteiger partial charge in [0.25, 0.3) is 0 Å². The molecule has 5 heteroatoms. The minimum atomic E-state index is -0.323. The number of fused-ring (bicyclic) bond motifs is 1. The molecule has 0 aliphatic carbocycles. The van der Waals surface area contributed by atoms with Crippen molar-refractivity contribution < 1.29 is 14.3 Å². The summed E-state index contributed by atoms with van der Waals surface area (Å²) in [5, 5.41) is 0. The number of carbonyl (C=O) groups excluding carboxylic acids is 1. The fraction of sp³-hybridized carbons (Fsp3) is 0.562. The summed E-state index contributed by atoms with van der Waals surface area (Å²) in [5.74, 6) is 0.868. The van der Waals surface area contributed by atoms with Crippen LogP contribution in [0.25, 0.3) is 0 Å². The number of ether oxygens (including phenoxy) is 2. The van der Waals surface area contributed by atoms with Crippen LogP contribution in [0.4, 0.5) is 11.4 Å². The van der Waals surface area contributed by atoms with Crippen molar-refractivity contribution >= 4 is 17.3 Å². The van der Waals surface area contributed by atoms with E-state index in [1.165, 1.54) is 0 Å². The van der Waals surface area contributed by atoms with Gasteiger partial charge in [0.1, 0.15) is 24.1 Å². The molecule has 0 fully saturated rings. The normalized spacial score (nSPS) is 15.3. The lowest BCUT2D eigenvalue weighted by atomic mass is 10.1. The van der Waals surface area contributed by atoms with Crippen molar-refractivity contribution in [1.82, 2.24) is 0 Å². The first-order valence-corrected chi connectivity index (χ1v) is 7.49. The predicted molar refractivity (Wildman–Crippen MR) is 83.6 cm³/mol. The number of rotatable bonds is 5. The Hall–Kier alpha value is -1.91. The van der Waals surface area contributed by atoms with E-state index in [-0.39, 0.29) is 12.0 Å². The number of benzene rings is 1. The average Bonchev–Trinajstić information content (AvgIpc) is 2.46. The number of nitrogens with two attached hydrogens (primary N) is 1. The van der Waals surface area contributed by atoms with Gasteiger partial charge in [-0.1, -0.05) is 26.8 Å². The number of anilines is 2. The van der Waals surface area contributed by atoms with Crippen molar-refractivity contribution in [2.24, 2.45) is 5.92 Å². The summed E-state index contributed by atoms with van der Waals surface area (Å²) in [4.78, 5) is 14.4. The maximum absolute atomic E-state index is 12.4. The molecule has 0 spiro atoms. The van der Waals surface area contributed by atoms with Gasteiger partial charge in [0.2, 0.25) is 0 Å². The Bertz CT molecular complexity index is 502. The molecule has 0 radical (unpaired) electrons. The first kappa shape index (κ1) is 15.5. The molecular formula is C16H24N2O3. The van der Waals surface area contributed by atoms with Crippen LogP contribution in [0.1, 0.15) is 27.2 Å². The molecule has 1 heterocycles. The van der Waals surface area contributed by atoms with E-state index >= 15 is 0 Å². The van der Waals surface area contributed by atoms with Crippen LogP contribution >= 0.6 is 0 Å². The van der Waals surface area contributed by atoms with Crippen LogP contribution in [-0.4, -0.2) is 31.8 Å². The number of hydrogen-bond donors (Lipinski definition) is 1. The van der Waals surface area contributed by atoms with Crippen LogP contribution in [0.3, 0.4) is 0 Å². The molecule has 2 rings (SSSR count). The van der Waals surface area contributed by atoms with Gasteiger partial charge in [0.15, 0.2) is 0 Å². The predicted octanol–water partition coefficient (Wildman–Crippen LogP) is 2.45. The van der Waals surface area contributed by atoms with E-state index in [2.05, 4.69) is 0 Å². The molecule has 0 saturated heterocycles. The van der Waals surface area contributed by atoms with Crippen LogP contribution in [0.5, 0.6) is 5.75 Å². The number of nitrogen functional groups attached to an aromatic ring is 1. The van der Waals surface area contributed by atoms with Gasteiger partial charge in [-0.3, -0.25) is 0 Å². The van der Waals surface area contributed by atoms with Crippen LogP contribution in [0.2, 0.25) is 0 Å². The third-order valence-electron chi connectivity index (χ3n) is 3.50. The summed E-state index contributed by atoms with van der Waals surface area (Å²) in [6.07, 6.45) is 0.671. The Morgan fingerprint density at radius 2 is 2.24 bits per heavy atom. The van der Waals surface area contributed by atoms with E-state index in [1.807, 2.05) is 43.9 Å². The van der Waals surface area contributed by atoms with E-state index < -0.39 is 0 Å². The van der Waals surface area contributed by atoms with Crippen molar-refractivity contribution in [1.29, 1.82) is 0 Å². The van der Waals surface area contributed by atoms with Crippen LogP contribution in [-0.2, 0) is 9.53 Å². The van der Waals surface area contributed by atoms with Crippen molar-refractivity contribution in [2.75, 3.05) is 30.4 Å². The quantitative estimate of drug-likeness (QED) is 0.667. The van der Waals surface area contributed by atoms with Crippen LogP contribution in [0.15, 0.2) is 18.2 Å². The second-order valence-corrected chi connectivity index (χ2v) is 5.68. The summed E-state index contributed by atoms with van der Waals surface area (Å²) in [7, 11) is 0. The Kier molecular flexibility index (Phi) is 4.94. The lowest BCUT2D eigenvalue weighted by Gasteiger charge is -2.36. The van der Waals surface area contributed by atoms with E-state index in [9.17, 15) is 4.79 Å². The topological polar surface area (TPSA) is 64.8 Å². The highest BCUT2D eigenvalue weighted by molar-refractivity contribution is 5.85. The Labute approximate surface area is 126 Å². The SMILES string of the molecule is CCC(C(=O)OCC(C)C)N1CCOc2cccc(N)c21. The van der Waals surface area contributed by atoms with Crippen molar-refractivity contribution in [3.05, 3.63) is 18.2 Å². The molecule has 1 aromatic rings. The smallest absolute Gasteiger partial charge is 0.328 e. The van der Waals surface area contributed by atoms with Crippen molar-refractivity contribution in [2.45, 2.75) is 33.2 Å². The summed E-state index contributed by atoms with van der Waals surface area (Å²) < 4.78 is 11.0. The van der Waals surface area contributed by atoms with Crippen LogP contribution in [0, 0.1) is 5.92 Å². The number of para-hydroxylation sites is 1. The number of hydrogen-bond acceptors (Lipinski definition) is 5. The van der Waals surface area contributed by atoms with E-state index in [1.54, 1.807) is 0 Å². The number of esters is 1. The minimum absolute atomic E-state index is 0.192. The number of carbonyl (C=O) groups is 1. The van der Waals surface area contributed by atoms with Gasteiger partial charge in [-0.15, -0.1) is 0 Å². The molecule has 0 bridgehead atoms. The molecule has 0 aromatic heterocycles. The molecule has 1 aliphatic rings. The number of nitrogens with zero attached hydrogens (tertiary/aromatic N) is 1. The minimum Gasteiger partial charge on any atom is -0.489 e. The molecular weight excluding hydrogens is 268 g/mol. The summed E-state index contributed by atoms with van der Waals surface area (Å²) in [5.41, 5.74) is 7.50. The molecule has 1 aromatic carbocycles. The first-order chi connectivity index (χ1) is 10.0. The molecule has 116 valence electrons. The van der Waals surface area contributed by atoms with Gasteiger partial charge in [-0.2, -0.15) is 0 Å². The Morgan fingerprint density at radius 3 is 2.90 bits per heavy atom. The molecule has 21 heavy (non-hydrogen) atoms. The van der Waals surface area contributed by atoms with Crippen LogP contribution < -0.4 is 15.4 Å². The van der Waals surface area contributed by atoms with Crippen molar-refractivity contribution in [3.8, 4) is 5.75 Å². The Morgan fingerprint density at radius 1 is 1.48 bits per heavy atom. The maximum Gasteiger partial charge on any atom is 0.328 e. The molecule has 1 unspecified atom stereocenters. The third-order valence-corrected chi connectivity index (χ3v) is 3.50. The van der Waals surface area contributed by atoms with Gasteiger partial charge in [-0.25, -0.2) is 4.79 Å². The highest BCUT2D eigenvalue weighted by atomic mass is 16.5. The average molecular weight is 292 g/mol. The van der Waals surface area contributed by atoms with Gasteiger partial charge in [-0.05, 0) is 24.5 Å². The maximum atomic E-state index is 12.4. The monoisotopic (exact) mass is 292 g/mol. The zero-order valence-electron chi connectivity index (χ0n) is 13.0. The van der Waals surface area contributed by atoms with Gasteiger partial charge < -0.3 is 20.1 Å². The second-order valence-electron chi connectivity index (χ2n) is 5.68. The molecule has 0 saturated carbocycles. The van der Waals surface area contributed by atoms with E-state index in [0.717, 1.165) is 11.4 Å². The fourth-order valence-electron chi connectivity index (χ4n) is 2.50. The van der Waals surface area contributed by atoms with E-state index in [0.29, 0.717) is 37.8 Å². The third kappa shape index (κ3) is 3.40. The van der Waals surface area contributed by atoms with Gasteiger partial charge >= 0.3 is 5.97 Å². The second kappa shape index (κ2) is 6.70. The molecule has 1 aliphatic heterocycles. The summed E-state index contributed by atoms with van der Waals surface area (Å²) in [6, 6.07) is 5.24. The van der Waals surface area contributed by atoms with E-state index in [4.69, 9.17) is 15.2 Å². The van der Waals surface area contributed by atoms with Crippen molar-refractivity contribution in [3.63, 3.8) is 0 Å². The molecule has 1 atom stereocenters. The fourth-order valence-corrected chi connectivity index (χ4v) is 2.50. The Balaban J connectivity index is 2.22.